The van der Waals surface area contributed by atoms with Gasteiger partial charge in [-0.05, 0) is 31.0 Å². The van der Waals surface area contributed by atoms with E-state index < -0.39 is 11.9 Å². The van der Waals surface area contributed by atoms with Crippen LogP contribution < -0.4 is 10.4 Å². The number of nitrogens with one attached hydrogen (secondary N) is 1. The molecule has 20 heavy (non-hydrogen) atoms. The maximum absolute atomic E-state index is 11.4. The molecule has 0 aromatic heterocycles. The van der Waals surface area contributed by atoms with Gasteiger partial charge in [0.15, 0.2) is 0 Å². The summed E-state index contributed by atoms with van der Waals surface area (Å²) in [6.07, 6.45) is -0.406. The summed E-state index contributed by atoms with van der Waals surface area (Å²) in [6.45, 7) is 2.32. The zero-order valence-corrected chi connectivity index (χ0v) is 11.2. The quantitative estimate of drug-likeness (QED) is 0.709. The molecule has 6 heteroatoms. The number of benzene rings is 1. The van der Waals surface area contributed by atoms with Crippen LogP contribution in [0.1, 0.15) is 35.7 Å². The zero-order valence-electron chi connectivity index (χ0n) is 11.2. The van der Waals surface area contributed by atoms with E-state index in [4.69, 9.17) is 4.74 Å². The van der Waals surface area contributed by atoms with Gasteiger partial charge in [0.05, 0.1) is 12.2 Å². The summed E-state index contributed by atoms with van der Waals surface area (Å²) in [4.78, 5) is 32.9. The van der Waals surface area contributed by atoms with Crippen molar-refractivity contribution >= 4 is 17.8 Å². The largest absolute Gasteiger partial charge is 0.550 e. The minimum absolute atomic E-state index is 0.108. The summed E-state index contributed by atoms with van der Waals surface area (Å²) in [6, 6.07) is 6.62. The molecule has 0 atom stereocenters. The van der Waals surface area contributed by atoms with E-state index in [2.05, 4.69) is 5.32 Å². The molecule has 0 saturated heterocycles. The predicted molar refractivity (Wildman–Crippen MR) is 68.5 cm³/mol. The van der Waals surface area contributed by atoms with Crippen LogP contribution in [-0.4, -0.2) is 24.5 Å². The Morgan fingerprint density at radius 2 is 1.80 bits per heavy atom. The highest BCUT2D eigenvalue weighted by molar-refractivity contribution is 5.89. The fraction of sp³-hybridized carbons (Fsp3) is 0.357. The Morgan fingerprint density at radius 3 is 2.35 bits per heavy atom. The van der Waals surface area contributed by atoms with Crippen molar-refractivity contribution in [2.45, 2.75) is 26.3 Å². The fourth-order valence-corrected chi connectivity index (χ4v) is 1.48. The molecule has 0 radical (unpaired) electrons. The lowest BCUT2D eigenvalue weighted by molar-refractivity contribution is -0.305. The normalized spacial score (nSPS) is 9.85. The van der Waals surface area contributed by atoms with Crippen LogP contribution >= 0.6 is 0 Å². The topological polar surface area (TPSA) is 95.5 Å². The second-order valence-corrected chi connectivity index (χ2v) is 4.07. The molecule has 0 unspecified atom stereocenters. The van der Waals surface area contributed by atoms with E-state index in [-0.39, 0.29) is 25.3 Å². The third-order valence-corrected chi connectivity index (χ3v) is 2.51. The van der Waals surface area contributed by atoms with Crippen LogP contribution in [0.2, 0.25) is 0 Å². The number of hydrogen-bond acceptors (Lipinski definition) is 5. The van der Waals surface area contributed by atoms with Crippen LogP contribution in [0.25, 0.3) is 0 Å². The maximum Gasteiger partial charge on any atom is 0.338 e. The van der Waals surface area contributed by atoms with Crippen molar-refractivity contribution in [3.8, 4) is 0 Å². The van der Waals surface area contributed by atoms with Crippen molar-refractivity contribution in [1.82, 2.24) is 5.32 Å². The molecule has 0 aliphatic heterocycles. The van der Waals surface area contributed by atoms with Gasteiger partial charge in [-0.3, -0.25) is 4.79 Å². The number of carbonyl (C=O) groups is 3. The Bertz CT molecular complexity index is 481. The minimum atomic E-state index is -1.25. The summed E-state index contributed by atoms with van der Waals surface area (Å²) in [5.41, 5.74) is 1.25. The van der Waals surface area contributed by atoms with E-state index in [1.165, 1.54) is 0 Å². The van der Waals surface area contributed by atoms with Gasteiger partial charge < -0.3 is 20.0 Å². The number of ether oxygens (including phenoxy) is 1. The molecule has 1 aromatic rings. The van der Waals surface area contributed by atoms with Crippen molar-refractivity contribution in [3.05, 3.63) is 35.4 Å². The summed E-state index contributed by atoms with van der Waals surface area (Å²) >= 11 is 0. The van der Waals surface area contributed by atoms with Gasteiger partial charge in [-0.1, -0.05) is 12.1 Å². The monoisotopic (exact) mass is 278 g/mol. The lowest BCUT2D eigenvalue weighted by atomic mass is 10.1. The molecule has 0 spiro atoms. The Kier molecular flexibility index (Phi) is 6.22. The third kappa shape index (κ3) is 5.51. The maximum atomic E-state index is 11.4. The molecule has 1 rings (SSSR count). The van der Waals surface area contributed by atoms with Gasteiger partial charge in [0, 0.05) is 18.9 Å². The van der Waals surface area contributed by atoms with Gasteiger partial charge >= 0.3 is 5.97 Å². The van der Waals surface area contributed by atoms with Crippen molar-refractivity contribution in [3.63, 3.8) is 0 Å². The Labute approximate surface area is 116 Å². The van der Waals surface area contributed by atoms with Crippen molar-refractivity contribution in [2.24, 2.45) is 0 Å². The molecule has 0 bridgehead atoms. The lowest BCUT2D eigenvalue weighted by Crippen LogP contribution is -2.27. The van der Waals surface area contributed by atoms with E-state index in [1.807, 2.05) is 0 Å². The van der Waals surface area contributed by atoms with E-state index >= 15 is 0 Å². The van der Waals surface area contributed by atoms with Gasteiger partial charge in [-0.15, -0.1) is 0 Å². The summed E-state index contributed by atoms with van der Waals surface area (Å²) in [7, 11) is 0. The first kappa shape index (κ1) is 15.7. The molecular weight excluding hydrogens is 262 g/mol. The molecule has 0 aliphatic carbocycles. The molecule has 108 valence electrons. The average molecular weight is 278 g/mol. The smallest absolute Gasteiger partial charge is 0.338 e. The van der Waals surface area contributed by atoms with Gasteiger partial charge in [0.2, 0.25) is 5.91 Å². The van der Waals surface area contributed by atoms with Crippen molar-refractivity contribution in [2.75, 3.05) is 6.61 Å². The molecule has 0 aliphatic rings. The minimum Gasteiger partial charge on any atom is -0.550 e. The standard InChI is InChI=1S/C14H17NO5/c1-2-20-14(19)11-5-3-10(4-6-11)9-15-12(16)7-8-13(17)18/h3-6H,2,7-9H2,1H3,(H,15,16)(H,17,18)/p-1. The molecule has 1 aromatic carbocycles. The second kappa shape index (κ2) is 7.93. The Balaban J connectivity index is 2.43. The number of aliphatic carboxylic acids is 1. The zero-order chi connectivity index (χ0) is 15.0. The van der Waals surface area contributed by atoms with Crippen LogP contribution in [-0.2, 0) is 20.9 Å². The molecule has 0 fully saturated rings. The Hall–Kier alpha value is -2.37. The number of hydrogen-bond donors (Lipinski definition) is 1. The molecule has 0 heterocycles. The highest BCUT2D eigenvalue weighted by Crippen LogP contribution is 2.06. The summed E-state index contributed by atoms with van der Waals surface area (Å²) < 4.78 is 4.85. The first-order valence-electron chi connectivity index (χ1n) is 6.25. The number of carbonyl (C=O) groups excluding carboxylic acids is 3. The van der Waals surface area contributed by atoms with Crippen LogP contribution in [0.15, 0.2) is 24.3 Å². The van der Waals surface area contributed by atoms with E-state index in [1.54, 1.807) is 31.2 Å². The first-order valence-corrected chi connectivity index (χ1v) is 6.25. The third-order valence-electron chi connectivity index (χ3n) is 2.51. The highest BCUT2D eigenvalue weighted by atomic mass is 16.5. The van der Waals surface area contributed by atoms with Crippen LogP contribution in [0.5, 0.6) is 0 Å². The number of rotatable bonds is 7. The van der Waals surface area contributed by atoms with E-state index in [0.29, 0.717) is 12.2 Å². The van der Waals surface area contributed by atoms with Gasteiger partial charge in [0.1, 0.15) is 0 Å². The van der Waals surface area contributed by atoms with Crippen molar-refractivity contribution in [1.29, 1.82) is 0 Å². The first-order chi connectivity index (χ1) is 9.52. The number of carboxylic acid groups (broad SMARTS) is 1. The number of amides is 1. The van der Waals surface area contributed by atoms with Crippen LogP contribution in [0, 0.1) is 0 Å². The van der Waals surface area contributed by atoms with Gasteiger partial charge in [-0.2, -0.15) is 0 Å². The highest BCUT2D eigenvalue weighted by Gasteiger charge is 2.06. The lowest BCUT2D eigenvalue weighted by Gasteiger charge is -2.07. The van der Waals surface area contributed by atoms with Gasteiger partial charge in [0.25, 0.3) is 0 Å². The summed E-state index contributed by atoms with van der Waals surface area (Å²) in [5, 5.41) is 12.8. The summed E-state index contributed by atoms with van der Waals surface area (Å²) in [5.74, 6) is -2.00. The number of esters is 1. The molecule has 6 nitrogen and oxygen atoms in total. The Morgan fingerprint density at radius 1 is 1.15 bits per heavy atom. The second-order valence-electron chi connectivity index (χ2n) is 4.07. The van der Waals surface area contributed by atoms with Crippen LogP contribution in [0.4, 0.5) is 0 Å². The molecule has 1 N–H and O–H groups in total. The predicted octanol–water partition coefficient (Wildman–Crippen LogP) is 0.00960. The molecule has 0 saturated carbocycles. The fourth-order valence-electron chi connectivity index (χ4n) is 1.48. The van der Waals surface area contributed by atoms with Gasteiger partial charge in [-0.25, -0.2) is 4.79 Å². The molecular formula is C14H16NO5-. The van der Waals surface area contributed by atoms with E-state index in [0.717, 1.165) is 5.56 Å². The molecule has 1 amide bonds. The van der Waals surface area contributed by atoms with Crippen molar-refractivity contribution < 1.29 is 24.2 Å². The van der Waals surface area contributed by atoms with Crippen LogP contribution in [0.3, 0.4) is 0 Å². The SMILES string of the molecule is CCOC(=O)c1ccc(CNC(=O)CCC(=O)[O-])cc1. The van der Waals surface area contributed by atoms with E-state index in [9.17, 15) is 19.5 Å². The number of carboxylic acids is 1. The average Bonchev–Trinajstić information content (AvgIpc) is 2.43.